The van der Waals surface area contributed by atoms with Gasteiger partial charge in [-0.2, -0.15) is 0 Å². The number of pyridine rings is 1. The van der Waals surface area contributed by atoms with Crippen molar-refractivity contribution in [3.05, 3.63) is 63.7 Å². The van der Waals surface area contributed by atoms with E-state index in [0.717, 1.165) is 37.6 Å². The molecule has 4 rings (SSSR count). The average molecular weight is 417 g/mol. The molecule has 1 fully saturated rings. The van der Waals surface area contributed by atoms with Crippen LogP contribution in [0.1, 0.15) is 57.7 Å². The van der Waals surface area contributed by atoms with Gasteiger partial charge in [0.2, 0.25) is 5.91 Å². The van der Waals surface area contributed by atoms with Crippen molar-refractivity contribution in [2.45, 2.75) is 38.4 Å². The predicted molar refractivity (Wildman–Crippen MR) is 107 cm³/mol. The van der Waals surface area contributed by atoms with Crippen molar-refractivity contribution in [1.82, 2.24) is 14.8 Å². The monoisotopic (exact) mass is 416 g/mol. The number of fused-ring (bicyclic) bond motifs is 1. The average Bonchev–Trinajstić information content (AvgIpc) is 2.94. The third kappa shape index (κ3) is 3.60. The molecule has 2 aliphatic rings. The zero-order valence-electron chi connectivity index (χ0n) is 16.1. The van der Waals surface area contributed by atoms with Crippen molar-refractivity contribution in [3.63, 3.8) is 0 Å². The van der Waals surface area contributed by atoms with Crippen molar-refractivity contribution < 1.29 is 14.0 Å². The van der Waals surface area contributed by atoms with Crippen LogP contribution < -0.4 is 5.73 Å². The minimum Gasteiger partial charge on any atom is -0.366 e. The molecule has 3 heterocycles. The van der Waals surface area contributed by atoms with E-state index in [1.807, 2.05) is 19.1 Å². The first kappa shape index (κ1) is 19.8. The van der Waals surface area contributed by atoms with Gasteiger partial charge in [-0.1, -0.05) is 17.7 Å². The second-order valence-corrected chi connectivity index (χ2v) is 7.99. The lowest BCUT2D eigenvalue weighted by Crippen LogP contribution is -2.45. The molecule has 2 aromatic rings. The van der Waals surface area contributed by atoms with Crippen LogP contribution >= 0.6 is 11.6 Å². The van der Waals surface area contributed by atoms with Gasteiger partial charge in [-0.05, 0) is 43.5 Å². The van der Waals surface area contributed by atoms with E-state index in [9.17, 15) is 14.0 Å². The summed E-state index contributed by atoms with van der Waals surface area (Å²) in [6, 6.07) is 5.94. The molecule has 8 heteroatoms. The number of amides is 2. The predicted octanol–water partition coefficient (Wildman–Crippen LogP) is 3.15. The van der Waals surface area contributed by atoms with Gasteiger partial charge in [0.15, 0.2) is 0 Å². The van der Waals surface area contributed by atoms with Gasteiger partial charge in [0.05, 0.1) is 17.2 Å². The van der Waals surface area contributed by atoms with Crippen molar-refractivity contribution in [2.24, 2.45) is 5.73 Å². The number of hydrogen-bond donors (Lipinski definition) is 1. The highest BCUT2D eigenvalue weighted by Crippen LogP contribution is 2.39. The Labute approximate surface area is 173 Å². The Morgan fingerprint density at radius 3 is 2.72 bits per heavy atom. The summed E-state index contributed by atoms with van der Waals surface area (Å²) >= 11 is 6.16. The molecule has 0 spiro atoms. The van der Waals surface area contributed by atoms with Crippen LogP contribution in [0.25, 0.3) is 0 Å². The highest BCUT2D eigenvalue weighted by molar-refractivity contribution is 6.30. The standard InChI is InChI=1S/C21H22ClFN4O2/c1-12-16-9-14(23)10-17(20(24)28)18(16)21(29)27(12)15-4-7-26(8-5-15)11-13-3-2-6-25-19(13)22/h2-3,6,9-10,12,15H,4-5,7-8,11H2,1H3,(H2,24,28). The van der Waals surface area contributed by atoms with Crippen LogP contribution in [0.4, 0.5) is 4.39 Å². The molecule has 0 bridgehead atoms. The summed E-state index contributed by atoms with van der Waals surface area (Å²) in [7, 11) is 0. The zero-order valence-corrected chi connectivity index (χ0v) is 16.8. The van der Waals surface area contributed by atoms with E-state index in [1.165, 1.54) is 6.07 Å². The smallest absolute Gasteiger partial charge is 0.255 e. The van der Waals surface area contributed by atoms with Crippen LogP contribution in [-0.4, -0.2) is 45.7 Å². The number of likely N-dealkylation sites (tertiary alicyclic amines) is 1. The first-order valence-electron chi connectivity index (χ1n) is 9.64. The van der Waals surface area contributed by atoms with E-state index in [1.54, 1.807) is 11.1 Å². The van der Waals surface area contributed by atoms with E-state index < -0.39 is 11.7 Å². The lowest BCUT2D eigenvalue weighted by atomic mass is 9.99. The molecule has 0 radical (unpaired) electrons. The van der Waals surface area contributed by atoms with Crippen molar-refractivity contribution >= 4 is 23.4 Å². The molecule has 152 valence electrons. The third-order valence-corrected chi connectivity index (χ3v) is 6.24. The first-order valence-corrected chi connectivity index (χ1v) is 10.0. The third-order valence-electron chi connectivity index (χ3n) is 5.90. The molecule has 1 aromatic carbocycles. The maximum Gasteiger partial charge on any atom is 0.255 e. The molecule has 6 nitrogen and oxygen atoms in total. The number of carbonyl (C=O) groups is 2. The van der Waals surface area contributed by atoms with E-state index >= 15 is 0 Å². The normalized spacial score (nSPS) is 20.2. The minimum atomic E-state index is -0.786. The maximum absolute atomic E-state index is 14.0. The maximum atomic E-state index is 14.0. The molecule has 0 saturated carbocycles. The number of hydrogen-bond acceptors (Lipinski definition) is 4. The molecule has 2 N–H and O–H groups in total. The summed E-state index contributed by atoms with van der Waals surface area (Å²) in [5, 5.41) is 0.509. The molecule has 2 amide bonds. The van der Waals surface area contributed by atoms with Crippen LogP contribution in [0.2, 0.25) is 5.15 Å². The molecule has 1 unspecified atom stereocenters. The topological polar surface area (TPSA) is 79.5 Å². The zero-order chi connectivity index (χ0) is 20.7. The van der Waals surface area contributed by atoms with Gasteiger partial charge in [0.1, 0.15) is 11.0 Å². The number of nitrogens with zero attached hydrogens (tertiary/aromatic N) is 3. The first-order chi connectivity index (χ1) is 13.9. The molecular formula is C21H22ClFN4O2. The SMILES string of the molecule is CC1c2cc(F)cc(C(N)=O)c2C(=O)N1C1CCN(Cc2cccnc2Cl)CC1. The van der Waals surface area contributed by atoms with Crippen LogP contribution in [-0.2, 0) is 6.54 Å². The van der Waals surface area contributed by atoms with Crippen LogP contribution in [0, 0.1) is 5.82 Å². The van der Waals surface area contributed by atoms with E-state index in [-0.39, 0.29) is 29.1 Å². The quantitative estimate of drug-likeness (QED) is 0.776. The number of halogens is 2. The van der Waals surface area contributed by atoms with Gasteiger partial charge in [-0.25, -0.2) is 9.37 Å². The van der Waals surface area contributed by atoms with E-state index in [0.29, 0.717) is 17.3 Å². The number of nitrogens with two attached hydrogens (primary N) is 1. The number of piperidine rings is 1. The number of rotatable bonds is 4. The lowest BCUT2D eigenvalue weighted by Gasteiger charge is -2.38. The van der Waals surface area contributed by atoms with Gasteiger partial charge in [0, 0.05) is 37.4 Å². The molecule has 2 aliphatic heterocycles. The number of carbonyl (C=O) groups excluding carboxylic acids is 2. The van der Waals surface area contributed by atoms with Gasteiger partial charge in [-0.15, -0.1) is 0 Å². The summed E-state index contributed by atoms with van der Waals surface area (Å²) in [5.74, 6) is -1.58. The van der Waals surface area contributed by atoms with Gasteiger partial charge >= 0.3 is 0 Å². The summed E-state index contributed by atoms with van der Waals surface area (Å²) in [5.41, 5.74) is 7.11. The van der Waals surface area contributed by atoms with Crippen LogP contribution in [0.3, 0.4) is 0 Å². The Hall–Kier alpha value is -2.51. The molecule has 1 atom stereocenters. The van der Waals surface area contributed by atoms with E-state index in [4.69, 9.17) is 17.3 Å². The molecule has 1 saturated heterocycles. The van der Waals surface area contributed by atoms with Gasteiger partial charge in [0.25, 0.3) is 5.91 Å². The van der Waals surface area contributed by atoms with Crippen molar-refractivity contribution in [1.29, 1.82) is 0 Å². The van der Waals surface area contributed by atoms with Gasteiger partial charge in [-0.3, -0.25) is 14.5 Å². The fourth-order valence-electron chi connectivity index (χ4n) is 4.46. The molecule has 29 heavy (non-hydrogen) atoms. The van der Waals surface area contributed by atoms with Crippen LogP contribution in [0.15, 0.2) is 30.5 Å². The largest absolute Gasteiger partial charge is 0.366 e. The Morgan fingerprint density at radius 2 is 2.07 bits per heavy atom. The van der Waals surface area contributed by atoms with Crippen LogP contribution in [0.5, 0.6) is 0 Å². The number of aromatic nitrogens is 1. The summed E-state index contributed by atoms with van der Waals surface area (Å²) in [4.78, 5) is 33.1. The van der Waals surface area contributed by atoms with E-state index in [2.05, 4.69) is 9.88 Å². The second-order valence-electron chi connectivity index (χ2n) is 7.63. The molecule has 1 aromatic heterocycles. The fraction of sp³-hybridized carbons (Fsp3) is 0.381. The Kier molecular flexibility index (Phi) is 5.27. The molecular weight excluding hydrogens is 395 g/mol. The van der Waals surface area contributed by atoms with Gasteiger partial charge < -0.3 is 10.6 Å². The fourth-order valence-corrected chi connectivity index (χ4v) is 4.64. The highest BCUT2D eigenvalue weighted by Gasteiger charge is 2.41. The summed E-state index contributed by atoms with van der Waals surface area (Å²) in [6.45, 7) is 4.19. The molecule has 0 aliphatic carbocycles. The minimum absolute atomic E-state index is 0.0225. The second kappa shape index (κ2) is 7.72. The Balaban J connectivity index is 1.49. The highest BCUT2D eigenvalue weighted by atomic mass is 35.5. The summed E-state index contributed by atoms with van der Waals surface area (Å²) in [6.07, 6.45) is 3.24. The van der Waals surface area contributed by atoms with Crippen molar-refractivity contribution in [3.8, 4) is 0 Å². The number of primary amides is 1. The van der Waals surface area contributed by atoms with Crippen molar-refractivity contribution in [2.75, 3.05) is 13.1 Å². The lowest BCUT2D eigenvalue weighted by molar-refractivity contribution is 0.0510. The Morgan fingerprint density at radius 1 is 1.34 bits per heavy atom. The number of benzene rings is 1. The summed E-state index contributed by atoms with van der Waals surface area (Å²) < 4.78 is 14.0. The Bertz CT molecular complexity index is 975.